The first-order valence-electron chi connectivity index (χ1n) is 9.68. The molecule has 0 saturated carbocycles. The van der Waals surface area contributed by atoms with Crippen molar-refractivity contribution < 1.29 is 24.2 Å². The van der Waals surface area contributed by atoms with Crippen molar-refractivity contribution in [2.75, 3.05) is 0 Å². The molecule has 154 valence electrons. The average Bonchev–Trinajstić information content (AvgIpc) is 3.09. The van der Waals surface area contributed by atoms with Gasteiger partial charge in [0.2, 0.25) is 0 Å². The van der Waals surface area contributed by atoms with E-state index in [1.165, 1.54) is 12.1 Å². The van der Waals surface area contributed by atoms with E-state index in [0.717, 1.165) is 16.5 Å². The molecule has 4 rings (SSSR count). The highest BCUT2D eigenvalue weighted by atomic mass is 16.5. The molecule has 1 aromatic heterocycles. The summed E-state index contributed by atoms with van der Waals surface area (Å²) in [6, 6.07) is 11.0. The van der Waals surface area contributed by atoms with E-state index in [9.17, 15) is 19.5 Å². The molecule has 0 saturated heterocycles. The monoisotopic (exact) mass is 406 g/mol. The van der Waals surface area contributed by atoms with Crippen molar-refractivity contribution in [2.24, 2.45) is 0 Å². The lowest BCUT2D eigenvalue weighted by Crippen LogP contribution is -2.42. The summed E-state index contributed by atoms with van der Waals surface area (Å²) in [7, 11) is 0. The van der Waals surface area contributed by atoms with Crippen molar-refractivity contribution in [3.8, 4) is 5.75 Å². The van der Waals surface area contributed by atoms with Crippen LogP contribution in [0.4, 0.5) is 0 Å². The Morgan fingerprint density at radius 1 is 1.23 bits per heavy atom. The molecule has 1 atom stereocenters. The fourth-order valence-electron chi connectivity index (χ4n) is 3.76. The summed E-state index contributed by atoms with van der Waals surface area (Å²) in [6.45, 7) is 3.66. The highest BCUT2D eigenvalue weighted by Gasteiger charge is 2.33. The fraction of sp³-hybridized carbons (Fsp3) is 0.261. The number of carbonyl (C=O) groups excluding carboxylic acids is 2. The summed E-state index contributed by atoms with van der Waals surface area (Å²) in [5.74, 6) is -1.36. The molecular formula is C23H22N2O5. The molecule has 7 heteroatoms. The highest BCUT2D eigenvalue weighted by Crippen LogP contribution is 2.33. The highest BCUT2D eigenvalue weighted by molar-refractivity contribution is 6.04. The predicted octanol–water partition coefficient (Wildman–Crippen LogP) is 3.34. The number of amides is 1. The zero-order valence-electron chi connectivity index (χ0n) is 16.7. The molecule has 0 spiro atoms. The summed E-state index contributed by atoms with van der Waals surface area (Å²) in [4.78, 5) is 40.1. The Kier molecular flexibility index (Phi) is 4.81. The number of Topliss-reactive ketones (excluding diaryl/α,β-unsaturated/α-hetero) is 1. The standard InChI is InChI=1S/C23H22N2O5/c1-23(2)11-19(26)16-9-13(7-8-20(16)30-23)21(27)25-18(22(28)29)10-14-12-24-17-6-4-3-5-15(14)17/h3-9,12,18,24H,10-11H2,1-2H3,(H,25,27)(H,28,29). The predicted molar refractivity (Wildman–Crippen MR) is 111 cm³/mol. The van der Waals surface area contributed by atoms with Crippen LogP contribution in [-0.2, 0) is 11.2 Å². The van der Waals surface area contributed by atoms with Gasteiger partial charge in [-0.05, 0) is 43.7 Å². The number of carboxylic acid groups (broad SMARTS) is 1. The zero-order chi connectivity index (χ0) is 21.5. The second kappa shape index (κ2) is 7.33. The van der Waals surface area contributed by atoms with Gasteiger partial charge in [0.25, 0.3) is 5.91 Å². The molecule has 0 radical (unpaired) electrons. The third-order valence-corrected chi connectivity index (χ3v) is 5.22. The van der Waals surface area contributed by atoms with Crippen LogP contribution in [-0.4, -0.2) is 39.4 Å². The molecule has 2 aromatic carbocycles. The number of hydrogen-bond acceptors (Lipinski definition) is 4. The van der Waals surface area contributed by atoms with Crippen LogP contribution in [0.1, 0.15) is 46.5 Å². The Hall–Kier alpha value is -3.61. The van der Waals surface area contributed by atoms with E-state index in [1.54, 1.807) is 12.3 Å². The van der Waals surface area contributed by atoms with Gasteiger partial charge in [0, 0.05) is 29.1 Å². The molecule has 1 aliphatic heterocycles. The maximum absolute atomic E-state index is 12.7. The topological polar surface area (TPSA) is 108 Å². The molecule has 0 bridgehead atoms. The second-order valence-electron chi connectivity index (χ2n) is 8.10. The molecule has 1 amide bonds. The van der Waals surface area contributed by atoms with Crippen LogP contribution in [0.3, 0.4) is 0 Å². The number of ketones is 1. The van der Waals surface area contributed by atoms with Crippen molar-refractivity contribution in [1.82, 2.24) is 10.3 Å². The van der Waals surface area contributed by atoms with Gasteiger partial charge < -0.3 is 20.1 Å². The van der Waals surface area contributed by atoms with Gasteiger partial charge in [-0.3, -0.25) is 9.59 Å². The first-order valence-corrected chi connectivity index (χ1v) is 9.68. The first-order chi connectivity index (χ1) is 14.2. The third kappa shape index (κ3) is 3.78. The van der Waals surface area contributed by atoms with E-state index >= 15 is 0 Å². The van der Waals surface area contributed by atoms with E-state index < -0.39 is 23.5 Å². The minimum Gasteiger partial charge on any atom is -0.487 e. The summed E-state index contributed by atoms with van der Waals surface area (Å²) in [5.41, 5.74) is 1.66. The summed E-state index contributed by atoms with van der Waals surface area (Å²) in [6.07, 6.45) is 2.10. The number of benzene rings is 2. The second-order valence-corrected chi connectivity index (χ2v) is 8.10. The zero-order valence-corrected chi connectivity index (χ0v) is 16.7. The lowest BCUT2D eigenvalue weighted by molar-refractivity contribution is -0.139. The van der Waals surface area contributed by atoms with Gasteiger partial charge in [-0.25, -0.2) is 4.79 Å². The number of para-hydroxylation sites is 1. The van der Waals surface area contributed by atoms with Gasteiger partial charge in [-0.15, -0.1) is 0 Å². The Morgan fingerprint density at radius 2 is 2.00 bits per heavy atom. The largest absolute Gasteiger partial charge is 0.487 e. The molecule has 1 unspecified atom stereocenters. The Bertz CT molecular complexity index is 1160. The third-order valence-electron chi connectivity index (χ3n) is 5.22. The minimum absolute atomic E-state index is 0.107. The van der Waals surface area contributed by atoms with Crippen LogP contribution in [0, 0.1) is 0 Å². The SMILES string of the molecule is CC1(C)CC(=O)c2cc(C(=O)NC(Cc3c[nH]c4ccccc34)C(=O)O)ccc2O1. The van der Waals surface area contributed by atoms with Crippen LogP contribution < -0.4 is 10.1 Å². The number of rotatable bonds is 5. The maximum Gasteiger partial charge on any atom is 0.326 e. The Labute approximate surface area is 173 Å². The van der Waals surface area contributed by atoms with E-state index in [4.69, 9.17) is 4.74 Å². The van der Waals surface area contributed by atoms with Gasteiger partial charge in [-0.2, -0.15) is 0 Å². The number of nitrogens with one attached hydrogen (secondary N) is 2. The smallest absolute Gasteiger partial charge is 0.326 e. The molecule has 1 aliphatic rings. The molecule has 0 aliphatic carbocycles. The summed E-state index contributed by atoms with van der Waals surface area (Å²) < 4.78 is 5.80. The molecular weight excluding hydrogens is 384 g/mol. The number of aliphatic carboxylic acids is 1. The van der Waals surface area contributed by atoms with Crippen LogP contribution in [0.15, 0.2) is 48.7 Å². The van der Waals surface area contributed by atoms with E-state index in [2.05, 4.69) is 10.3 Å². The van der Waals surface area contributed by atoms with Crippen molar-refractivity contribution in [3.63, 3.8) is 0 Å². The number of ether oxygens (including phenoxy) is 1. The molecule has 30 heavy (non-hydrogen) atoms. The number of carbonyl (C=O) groups is 3. The number of hydrogen-bond donors (Lipinski definition) is 3. The van der Waals surface area contributed by atoms with Gasteiger partial charge in [-0.1, -0.05) is 18.2 Å². The first kappa shape index (κ1) is 19.7. The molecule has 3 N–H and O–H groups in total. The van der Waals surface area contributed by atoms with Crippen LogP contribution in [0.5, 0.6) is 5.75 Å². The van der Waals surface area contributed by atoms with E-state index in [0.29, 0.717) is 11.3 Å². The van der Waals surface area contributed by atoms with Crippen LogP contribution in [0.2, 0.25) is 0 Å². The van der Waals surface area contributed by atoms with E-state index in [-0.39, 0.29) is 24.2 Å². The molecule has 0 fully saturated rings. The van der Waals surface area contributed by atoms with Crippen molar-refractivity contribution in [3.05, 3.63) is 65.4 Å². The van der Waals surface area contributed by atoms with Gasteiger partial charge in [0.15, 0.2) is 5.78 Å². The fourth-order valence-corrected chi connectivity index (χ4v) is 3.76. The van der Waals surface area contributed by atoms with Crippen LogP contribution in [0.25, 0.3) is 10.9 Å². The molecule has 2 heterocycles. The van der Waals surface area contributed by atoms with E-state index in [1.807, 2.05) is 38.1 Å². The summed E-state index contributed by atoms with van der Waals surface area (Å²) in [5, 5.41) is 13.1. The van der Waals surface area contributed by atoms with Gasteiger partial charge in [0.1, 0.15) is 17.4 Å². The number of aromatic amines is 1. The number of fused-ring (bicyclic) bond motifs is 2. The molecule has 3 aromatic rings. The van der Waals surface area contributed by atoms with Gasteiger partial charge >= 0.3 is 5.97 Å². The van der Waals surface area contributed by atoms with Crippen LogP contribution >= 0.6 is 0 Å². The van der Waals surface area contributed by atoms with Crippen molar-refractivity contribution >= 4 is 28.6 Å². The lowest BCUT2D eigenvalue weighted by Gasteiger charge is -2.31. The Morgan fingerprint density at radius 3 is 2.77 bits per heavy atom. The Balaban J connectivity index is 1.55. The average molecular weight is 406 g/mol. The quantitative estimate of drug-likeness (QED) is 0.602. The van der Waals surface area contributed by atoms with Gasteiger partial charge in [0.05, 0.1) is 12.0 Å². The number of carboxylic acids is 1. The van der Waals surface area contributed by atoms with Crippen molar-refractivity contribution in [1.29, 1.82) is 0 Å². The summed E-state index contributed by atoms with van der Waals surface area (Å²) >= 11 is 0. The number of H-pyrrole nitrogens is 1. The maximum atomic E-state index is 12.7. The van der Waals surface area contributed by atoms with Crippen molar-refractivity contribution in [2.45, 2.75) is 38.3 Å². The molecule has 7 nitrogen and oxygen atoms in total. The number of aromatic nitrogens is 1. The minimum atomic E-state index is -1.13. The normalized spacial score (nSPS) is 15.9. The lowest BCUT2D eigenvalue weighted by atomic mass is 9.92.